The Bertz CT molecular complexity index is 984. The van der Waals surface area contributed by atoms with Gasteiger partial charge < -0.3 is 19.8 Å². The fourth-order valence-corrected chi connectivity index (χ4v) is 3.53. The summed E-state index contributed by atoms with van der Waals surface area (Å²) in [5.74, 6) is 1.31. The number of ether oxygens (including phenoxy) is 2. The Morgan fingerprint density at radius 1 is 1.16 bits per heavy atom. The molecule has 1 aliphatic heterocycles. The highest BCUT2D eigenvalue weighted by atomic mass is 79.9. The van der Waals surface area contributed by atoms with Crippen LogP contribution in [0.2, 0.25) is 0 Å². The van der Waals surface area contributed by atoms with Crippen LogP contribution in [0.1, 0.15) is 28.9 Å². The van der Waals surface area contributed by atoms with E-state index in [-0.39, 0.29) is 18.7 Å². The zero-order valence-corrected chi connectivity index (χ0v) is 16.4. The second kappa shape index (κ2) is 6.38. The number of carbonyl (C=O) groups excluding carboxylic acids is 1. The van der Waals surface area contributed by atoms with Crippen molar-refractivity contribution in [2.75, 3.05) is 6.79 Å². The third-order valence-corrected chi connectivity index (χ3v) is 6.06. The number of H-pyrrole nitrogens is 1. The molecule has 1 unspecified atom stereocenters. The lowest BCUT2D eigenvalue weighted by atomic mass is 10.1. The van der Waals surface area contributed by atoms with E-state index in [1.165, 1.54) is 0 Å². The maximum absolute atomic E-state index is 12.7. The normalized spacial score (nSPS) is 13.9. The lowest BCUT2D eigenvalue weighted by molar-refractivity contribution is 0.0941. The van der Waals surface area contributed by atoms with E-state index in [9.17, 15) is 4.79 Å². The highest BCUT2D eigenvalue weighted by Crippen LogP contribution is 2.34. The first kappa shape index (κ1) is 16.5. The Morgan fingerprint density at radius 2 is 1.92 bits per heavy atom. The molecular formula is C18H14Br2N2O3. The van der Waals surface area contributed by atoms with Crippen LogP contribution < -0.4 is 14.8 Å². The molecule has 0 bridgehead atoms. The number of aromatic amines is 1. The zero-order valence-electron chi connectivity index (χ0n) is 13.2. The van der Waals surface area contributed by atoms with E-state index in [0.29, 0.717) is 11.3 Å². The number of benzene rings is 2. The van der Waals surface area contributed by atoms with Crippen LogP contribution in [0.4, 0.5) is 0 Å². The zero-order chi connectivity index (χ0) is 17.6. The highest BCUT2D eigenvalue weighted by molar-refractivity contribution is 9.13. The predicted molar refractivity (Wildman–Crippen MR) is 102 cm³/mol. The quantitative estimate of drug-likeness (QED) is 0.577. The van der Waals surface area contributed by atoms with Gasteiger partial charge in [0.1, 0.15) is 0 Å². The van der Waals surface area contributed by atoms with Gasteiger partial charge in [-0.3, -0.25) is 4.79 Å². The van der Waals surface area contributed by atoms with Crippen molar-refractivity contribution in [3.63, 3.8) is 0 Å². The van der Waals surface area contributed by atoms with Gasteiger partial charge in [-0.2, -0.15) is 0 Å². The molecule has 1 aliphatic rings. The molecule has 1 aromatic heterocycles. The van der Waals surface area contributed by atoms with Crippen molar-refractivity contribution in [1.29, 1.82) is 0 Å². The molecular weight excluding hydrogens is 452 g/mol. The number of aromatic nitrogens is 1. The Hall–Kier alpha value is -1.99. The van der Waals surface area contributed by atoms with Gasteiger partial charge in [0.05, 0.1) is 11.6 Å². The fraction of sp³-hybridized carbons (Fsp3) is 0.167. The maximum atomic E-state index is 12.7. The molecule has 0 saturated heterocycles. The Kier molecular flexibility index (Phi) is 4.21. The van der Waals surface area contributed by atoms with Crippen molar-refractivity contribution < 1.29 is 14.3 Å². The molecule has 0 radical (unpaired) electrons. The lowest BCUT2D eigenvalue weighted by Gasteiger charge is -2.14. The molecule has 2 aromatic carbocycles. The van der Waals surface area contributed by atoms with Crippen molar-refractivity contribution in [3.8, 4) is 11.5 Å². The molecule has 4 rings (SSSR count). The van der Waals surface area contributed by atoms with Gasteiger partial charge in [-0.05, 0) is 68.6 Å². The molecule has 2 N–H and O–H groups in total. The number of carbonyl (C=O) groups is 1. The van der Waals surface area contributed by atoms with Crippen LogP contribution >= 0.6 is 31.9 Å². The second-order valence-electron chi connectivity index (χ2n) is 5.82. The van der Waals surface area contributed by atoms with Gasteiger partial charge in [0, 0.05) is 26.0 Å². The number of nitrogens with one attached hydrogen (secondary N) is 2. The summed E-state index contributed by atoms with van der Waals surface area (Å²) in [6.07, 6.45) is 1.73. The van der Waals surface area contributed by atoms with Gasteiger partial charge in [0.25, 0.3) is 5.91 Å². The van der Waals surface area contributed by atoms with Crippen LogP contribution in [0.5, 0.6) is 11.5 Å². The molecule has 128 valence electrons. The summed E-state index contributed by atoms with van der Waals surface area (Å²) in [6.45, 7) is 2.18. The maximum Gasteiger partial charge on any atom is 0.253 e. The summed E-state index contributed by atoms with van der Waals surface area (Å²) < 4.78 is 12.6. The van der Waals surface area contributed by atoms with E-state index in [0.717, 1.165) is 31.2 Å². The summed E-state index contributed by atoms with van der Waals surface area (Å²) in [5.41, 5.74) is 2.47. The van der Waals surface area contributed by atoms with Crippen molar-refractivity contribution in [2.45, 2.75) is 13.0 Å². The number of rotatable bonds is 3. The van der Waals surface area contributed by atoms with Crippen LogP contribution in [0.15, 0.2) is 45.5 Å². The van der Waals surface area contributed by atoms with Crippen molar-refractivity contribution >= 4 is 48.7 Å². The molecule has 1 atom stereocenters. The summed E-state index contributed by atoms with van der Waals surface area (Å²) in [4.78, 5) is 15.9. The van der Waals surface area contributed by atoms with Gasteiger partial charge in [0.15, 0.2) is 11.5 Å². The highest BCUT2D eigenvalue weighted by Gasteiger charge is 2.19. The predicted octanol–water partition coefficient (Wildman–Crippen LogP) is 4.91. The molecule has 3 aromatic rings. The van der Waals surface area contributed by atoms with Crippen LogP contribution in [-0.4, -0.2) is 17.7 Å². The SMILES string of the molecule is CC(NC(=O)c1c[nH]c2cc(Br)c(Br)cc12)c1ccc2c(c1)OCO2. The molecule has 2 heterocycles. The molecule has 1 amide bonds. The van der Waals surface area contributed by atoms with Crippen LogP contribution in [0, 0.1) is 0 Å². The van der Waals surface area contributed by atoms with Crippen LogP contribution in [0.3, 0.4) is 0 Å². The van der Waals surface area contributed by atoms with Crippen molar-refractivity contribution in [3.05, 3.63) is 56.6 Å². The van der Waals surface area contributed by atoms with Crippen molar-refractivity contribution in [2.24, 2.45) is 0 Å². The minimum atomic E-state index is -0.161. The molecule has 25 heavy (non-hydrogen) atoms. The van der Waals surface area contributed by atoms with Gasteiger partial charge >= 0.3 is 0 Å². The van der Waals surface area contributed by atoms with Gasteiger partial charge in [-0.15, -0.1) is 0 Å². The summed E-state index contributed by atoms with van der Waals surface area (Å²) in [7, 11) is 0. The molecule has 0 fully saturated rings. The van der Waals surface area contributed by atoms with E-state index >= 15 is 0 Å². The monoisotopic (exact) mass is 464 g/mol. The number of hydrogen-bond acceptors (Lipinski definition) is 3. The third kappa shape index (κ3) is 3.02. The Morgan fingerprint density at radius 3 is 2.76 bits per heavy atom. The summed E-state index contributed by atoms with van der Waals surface area (Å²) in [5, 5.41) is 3.90. The standard InChI is InChI=1S/C18H14Br2N2O3/c1-9(10-2-3-16-17(4-10)25-8-24-16)22-18(23)12-7-21-15-6-14(20)13(19)5-11(12)15/h2-7,9,21H,8H2,1H3,(H,22,23). The van der Waals surface area contributed by atoms with Gasteiger partial charge in [-0.1, -0.05) is 6.07 Å². The number of fused-ring (bicyclic) bond motifs is 2. The lowest BCUT2D eigenvalue weighted by Crippen LogP contribution is -2.26. The molecule has 0 spiro atoms. The van der Waals surface area contributed by atoms with Crippen LogP contribution in [-0.2, 0) is 0 Å². The van der Waals surface area contributed by atoms with E-state index in [1.807, 2.05) is 37.3 Å². The average molecular weight is 466 g/mol. The molecule has 0 saturated carbocycles. The first-order valence-corrected chi connectivity index (χ1v) is 9.28. The minimum absolute atomic E-state index is 0.134. The first-order valence-electron chi connectivity index (χ1n) is 7.69. The minimum Gasteiger partial charge on any atom is -0.454 e. The largest absolute Gasteiger partial charge is 0.454 e. The third-order valence-electron chi connectivity index (χ3n) is 4.21. The van der Waals surface area contributed by atoms with Crippen LogP contribution in [0.25, 0.3) is 10.9 Å². The number of amides is 1. The number of hydrogen-bond donors (Lipinski definition) is 2. The number of halogens is 2. The fourth-order valence-electron chi connectivity index (χ4n) is 2.84. The second-order valence-corrected chi connectivity index (χ2v) is 7.53. The van der Waals surface area contributed by atoms with Crippen molar-refractivity contribution in [1.82, 2.24) is 10.3 Å². The molecule has 0 aliphatic carbocycles. The van der Waals surface area contributed by atoms with Gasteiger partial charge in [0.2, 0.25) is 6.79 Å². The van der Waals surface area contributed by atoms with E-state index < -0.39 is 0 Å². The molecule has 5 nitrogen and oxygen atoms in total. The Balaban J connectivity index is 1.58. The summed E-state index contributed by atoms with van der Waals surface area (Å²) >= 11 is 6.95. The Labute approximate surface area is 161 Å². The van der Waals surface area contributed by atoms with E-state index in [2.05, 4.69) is 42.2 Å². The molecule has 7 heteroatoms. The average Bonchev–Trinajstić information content (AvgIpc) is 3.21. The smallest absolute Gasteiger partial charge is 0.253 e. The van der Waals surface area contributed by atoms with Gasteiger partial charge in [-0.25, -0.2) is 0 Å². The first-order chi connectivity index (χ1) is 12.0. The summed E-state index contributed by atoms with van der Waals surface area (Å²) in [6, 6.07) is 9.40. The van der Waals surface area contributed by atoms with E-state index in [1.54, 1.807) is 6.20 Å². The van der Waals surface area contributed by atoms with E-state index in [4.69, 9.17) is 9.47 Å². The topological polar surface area (TPSA) is 63.4 Å².